The van der Waals surface area contributed by atoms with Gasteiger partial charge in [-0.2, -0.15) is 10.5 Å². The van der Waals surface area contributed by atoms with Crippen molar-refractivity contribution in [2.24, 2.45) is 0 Å². The minimum absolute atomic E-state index is 0.126. The lowest BCUT2D eigenvalue weighted by Gasteiger charge is -2.18. The van der Waals surface area contributed by atoms with Gasteiger partial charge in [-0.15, -0.1) is 0 Å². The van der Waals surface area contributed by atoms with Gasteiger partial charge in [-0.3, -0.25) is 0 Å². The summed E-state index contributed by atoms with van der Waals surface area (Å²) in [6, 6.07) is 24.6. The Morgan fingerprint density at radius 2 is 1.23 bits per heavy atom. The molecule has 0 fully saturated rings. The smallest absolute Gasteiger partial charge is 0.136 e. The van der Waals surface area contributed by atoms with Crippen molar-refractivity contribution in [3.8, 4) is 12.1 Å². The van der Waals surface area contributed by atoms with Crippen molar-refractivity contribution in [3.05, 3.63) is 98.9 Å². The molecule has 3 rings (SSSR count). The highest BCUT2D eigenvalue weighted by Crippen LogP contribution is 2.29. The maximum Gasteiger partial charge on any atom is 0.136 e. The molecule has 0 heterocycles. The Morgan fingerprint density at radius 1 is 0.733 bits per heavy atom. The molecule has 0 amide bonds. The van der Waals surface area contributed by atoms with Gasteiger partial charge >= 0.3 is 0 Å². The molecule has 0 radical (unpaired) electrons. The van der Waals surface area contributed by atoms with Gasteiger partial charge in [0.05, 0.1) is 0 Å². The fourth-order valence-corrected chi connectivity index (χ4v) is 3.91. The van der Waals surface area contributed by atoms with E-state index in [0.29, 0.717) is 5.22 Å². The van der Waals surface area contributed by atoms with Crippen molar-refractivity contribution in [1.82, 2.24) is 0 Å². The monoisotopic (exact) mass is 391 g/mol. The third-order valence-corrected chi connectivity index (χ3v) is 5.29. The molecular weight excluding hydrogens is 366 g/mol. The molecule has 3 aromatic carbocycles. The first-order chi connectivity index (χ1) is 14.3. The number of nitriles is 2. The van der Waals surface area contributed by atoms with Gasteiger partial charge in [0.1, 0.15) is 17.7 Å². The third kappa shape index (κ3) is 4.12. The summed E-state index contributed by atoms with van der Waals surface area (Å²) in [7, 11) is 4.07. The van der Waals surface area contributed by atoms with Gasteiger partial charge in [-0.1, -0.05) is 54.1 Å². The van der Waals surface area contributed by atoms with Crippen LogP contribution in [0.2, 0.25) is 0 Å². The van der Waals surface area contributed by atoms with Crippen molar-refractivity contribution >= 4 is 16.8 Å². The van der Waals surface area contributed by atoms with E-state index in [1.807, 2.05) is 50.5 Å². The van der Waals surface area contributed by atoms with Crippen LogP contribution in [0.25, 0.3) is 11.1 Å². The number of nitrogens with zero attached hydrogens (tertiary/aromatic N) is 3. The van der Waals surface area contributed by atoms with Crippen molar-refractivity contribution in [2.45, 2.75) is 20.8 Å². The lowest BCUT2D eigenvalue weighted by atomic mass is 9.88. The molecule has 30 heavy (non-hydrogen) atoms. The molecule has 0 bridgehead atoms. The lowest BCUT2D eigenvalue weighted by Crippen LogP contribution is -2.15. The molecule has 0 saturated heterocycles. The summed E-state index contributed by atoms with van der Waals surface area (Å²) in [5.41, 5.74) is 8.47. The standard InChI is InChI=1S/C27H25N3/c1-18-14-19(2)26(20(3)15-18)27(23-10-12-25(13-11-23)30(4)5)22-8-6-21(7-9-22)24(16-28)17-29/h6-15H,1-5H3. The van der Waals surface area contributed by atoms with Gasteiger partial charge in [0.15, 0.2) is 0 Å². The van der Waals surface area contributed by atoms with E-state index in [9.17, 15) is 0 Å². The zero-order valence-electron chi connectivity index (χ0n) is 18.1. The average Bonchev–Trinajstić information content (AvgIpc) is 2.72. The lowest BCUT2D eigenvalue weighted by molar-refractivity contribution is 1.13. The summed E-state index contributed by atoms with van der Waals surface area (Å²) in [5.74, 6) is 0. The number of anilines is 1. The minimum Gasteiger partial charge on any atom is -0.378 e. The number of hydrogen-bond donors (Lipinski definition) is 0. The predicted octanol–water partition coefficient (Wildman–Crippen LogP) is 4.12. The molecule has 3 aromatic rings. The Labute approximate surface area is 178 Å². The van der Waals surface area contributed by atoms with Crippen molar-refractivity contribution in [2.75, 3.05) is 19.0 Å². The summed E-state index contributed by atoms with van der Waals surface area (Å²) in [5, 5.41) is 20.0. The molecule has 0 aromatic heterocycles. The van der Waals surface area contributed by atoms with E-state index >= 15 is 0 Å². The van der Waals surface area contributed by atoms with Crippen LogP contribution in [0.1, 0.15) is 27.8 Å². The first-order valence-corrected chi connectivity index (χ1v) is 9.86. The zero-order chi connectivity index (χ0) is 21.8. The fraction of sp³-hybridized carbons (Fsp3) is 0.185. The fourth-order valence-electron chi connectivity index (χ4n) is 3.91. The van der Waals surface area contributed by atoms with Crippen LogP contribution in [-0.4, -0.2) is 14.1 Å². The van der Waals surface area contributed by atoms with Crippen LogP contribution >= 0.6 is 0 Å². The van der Waals surface area contributed by atoms with E-state index < -0.39 is 0 Å². The van der Waals surface area contributed by atoms with E-state index in [4.69, 9.17) is 10.5 Å². The van der Waals surface area contributed by atoms with Crippen LogP contribution in [0.5, 0.6) is 0 Å². The molecule has 0 aliphatic heterocycles. The van der Waals surface area contributed by atoms with E-state index in [-0.39, 0.29) is 5.57 Å². The number of rotatable bonds is 3. The number of hydrogen-bond acceptors (Lipinski definition) is 3. The topological polar surface area (TPSA) is 50.8 Å². The van der Waals surface area contributed by atoms with Crippen molar-refractivity contribution in [1.29, 1.82) is 10.5 Å². The quantitative estimate of drug-likeness (QED) is 0.675. The summed E-state index contributed by atoms with van der Waals surface area (Å²) < 4.78 is 0. The highest BCUT2D eigenvalue weighted by molar-refractivity contribution is 5.83. The molecule has 0 unspecified atom stereocenters. The SMILES string of the molecule is Cc1cc(C)c(C(c2ccc(N(C)C)cc2)=c2ccc(=C(C#N)C#N)cc2)c(C)c1. The van der Waals surface area contributed by atoms with Gasteiger partial charge in [-0.05, 0) is 65.9 Å². The van der Waals surface area contributed by atoms with Crippen LogP contribution in [-0.2, 0) is 0 Å². The zero-order valence-corrected chi connectivity index (χ0v) is 18.1. The largest absolute Gasteiger partial charge is 0.378 e. The highest BCUT2D eigenvalue weighted by Gasteiger charge is 2.13. The molecule has 0 spiro atoms. The Bertz CT molecular complexity index is 1240. The van der Waals surface area contributed by atoms with E-state index in [1.54, 1.807) is 0 Å². The Morgan fingerprint density at radius 3 is 1.70 bits per heavy atom. The summed E-state index contributed by atoms with van der Waals surface area (Å²) in [6.07, 6.45) is 0. The second-order valence-corrected chi connectivity index (χ2v) is 7.77. The second-order valence-electron chi connectivity index (χ2n) is 7.77. The molecule has 0 atom stereocenters. The first-order valence-electron chi connectivity index (χ1n) is 9.86. The maximum atomic E-state index is 9.16. The Kier molecular flexibility index (Phi) is 6.05. The van der Waals surface area contributed by atoms with E-state index in [0.717, 1.165) is 22.0 Å². The van der Waals surface area contributed by atoms with Crippen LogP contribution < -0.4 is 15.3 Å². The summed E-state index contributed by atoms with van der Waals surface area (Å²) >= 11 is 0. The van der Waals surface area contributed by atoms with Gasteiger partial charge in [-0.25, -0.2) is 0 Å². The van der Waals surface area contributed by atoms with Crippen LogP contribution in [0.3, 0.4) is 0 Å². The van der Waals surface area contributed by atoms with Crippen LogP contribution in [0.15, 0.2) is 60.7 Å². The van der Waals surface area contributed by atoms with Gasteiger partial charge < -0.3 is 4.90 Å². The van der Waals surface area contributed by atoms with Crippen LogP contribution in [0, 0.1) is 43.4 Å². The molecule has 3 heteroatoms. The average molecular weight is 392 g/mol. The summed E-state index contributed by atoms with van der Waals surface area (Å²) in [4.78, 5) is 2.09. The normalized spacial score (nSPS) is 10.1. The highest BCUT2D eigenvalue weighted by atomic mass is 15.1. The number of benzene rings is 3. The molecule has 0 N–H and O–H groups in total. The molecule has 148 valence electrons. The van der Waals surface area contributed by atoms with Crippen molar-refractivity contribution in [3.63, 3.8) is 0 Å². The molecule has 0 aliphatic rings. The van der Waals surface area contributed by atoms with Gasteiger partial charge in [0, 0.05) is 25.0 Å². The molecular formula is C27H25N3. The Balaban J connectivity index is 2.37. The second kappa shape index (κ2) is 8.68. The van der Waals surface area contributed by atoms with Crippen molar-refractivity contribution < 1.29 is 0 Å². The Hall–Kier alpha value is -3.82. The minimum atomic E-state index is 0.126. The van der Waals surface area contributed by atoms with E-state index in [1.165, 1.54) is 22.3 Å². The van der Waals surface area contributed by atoms with Gasteiger partial charge in [0.2, 0.25) is 0 Å². The van der Waals surface area contributed by atoms with E-state index in [2.05, 4.69) is 62.1 Å². The molecule has 0 saturated carbocycles. The number of aryl methyl sites for hydroxylation is 3. The molecule has 3 nitrogen and oxygen atoms in total. The van der Waals surface area contributed by atoms with Gasteiger partial charge in [0.25, 0.3) is 0 Å². The van der Waals surface area contributed by atoms with Crippen LogP contribution in [0.4, 0.5) is 5.69 Å². The molecule has 0 aliphatic carbocycles. The predicted molar refractivity (Wildman–Crippen MR) is 123 cm³/mol. The maximum absolute atomic E-state index is 9.16. The third-order valence-electron chi connectivity index (χ3n) is 5.29. The summed E-state index contributed by atoms with van der Waals surface area (Å²) in [6.45, 7) is 6.41. The first kappa shape index (κ1) is 20.9.